The van der Waals surface area contributed by atoms with Crippen LogP contribution in [0.1, 0.15) is 32.2 Å². The van der Waals surface area contributed by atoms with E-state index in [0.717, 1.165) is 16.3 Å². The summed E-state index contributed by atoms with van der Waals surface area (Å²) in [6, 6.07) is 20.5. The van der Waals surface area contributed by atoms with Crippen LogP contribution >= 0.6 is 0 Å². The second kappa shape index (κ2) is 4.38. The Labute approximate surface area is 122 Å². The Bertz CT molecular complexity index is 873. The molecule has 2 heteroatoms. The molecule has 1 aliphatic rings. The number of Topliss-reactive ketones (excluding diaryl/α,β-unsaturated/α-hetero) is 2. The third kappa shape index (κ3) is 1.66. The molecule has 0 fully saturated rings. The van der Waals surface area contributed by atoms with Crippen molar-refractivity contribution >= 4 is 22.3 Å². The van der Waals surface area contributed by atoms with Crippen LogP contribution in [0.5, 0.6) is 0 Å². The highest BCUT2D eigenvalue weighted by Gasteiger charge is 2.37. The second-order valence-electron chi connectivity index (χ2n) is 5.28. The molecule has 0 aliphatic heterocycles. The van der Waals surface area contributed by atoms with Crippen LogP contribution in [0, 0.1) is 0 Å². The lowest BCUT2D eigenvalue weighted by Gasteiger charge is -2.09. The number of benzene rings is 3. The fourth-order valence-electron chi connectivity index (χ4n) is 3.14. The van der Waals surface area contributed by atoms with Crippen molar-refractivity contribution in [3.05, 3.63) is 83.4 Å². The van der Waals surface area contributed by atoms with Gasteiger partial charge in [0.05, 0.1) is 0 Å². The molecule has 1 aliphatic carbocycles. The van der Waals surface area contributed by atoms with Gasteiger partial charge in [0.15, 0.2) is 11.6 Å². The van der Waals surface area contributed by atoms with Crippen molar-refractivity contribution in [1.29, 1.82) is 0 Å². The molecule has 1 atom stereocenters. The summed E-state index contributed by atoms with van der Waals surface area (Å²) in [4.78, 5) is 25.4. The highest BCUT2D eigenvalue weighted by molar-refractivity contribution is 6.29. The van der Waals surface area contributed by atoms with Crippen LogP contribution in [0.3, 0.4) is 0 Å². The lowest BCUT2D eigenvalue weighted by Crippen LogP contribution is -2.18. The summed E-state index contributed by atoms with van der Waals surface area (Å²) in [6.07, 6.45) is 0. The van der Waals surface area contributed by atoms with Crippen molar-refractivity contribution < 1.29 is 9.59 Å². The monoisotopic (exact) mass is 272 g/mol. The van der Waals surface area contributed by atoms with Gasteiger partial charge in [0.2, 0.25) is 0 Å². The zero-order chi connectivity index (χ0) is 14.4. The molecule has 2 nitrogen and oxygen atoms in total. The Morgan fingerprint density at radius 2 is 1.52 bits per heavy atom. The highest BCUT2D eigenvalue weighted by atomic mass is 16.2. The summed E-state index contributed by atoms with van der Waals surface area (Å²) in [7, 11) is 0. The average Bonchev–Trinajstić information content (AvgIpc) is 2.83. The summed E-state index contributed by atoms with van der Waals surface area (Å²) < 4.78 is 0. The molecular formula is C19H12O2. The van der Waals surface area contributed by atoms with E-state index in [-0.39, 0.29) is 11.6 Å². The number of ketones is 2. The predicted octanol–water partition coefficient (Wildman–Crippen LogP) is 4.00. The van der Waals surface area contributed by atoms with Crippen LogP contribution in [-0.4, -0.2) is 11.6 Å². The number of carbonyl (C=O) groups is 2. The molecule has 0 radical (unpaired) electrons. The molecule has 0 N–H and O–H groups in total. The van der Waals surface area contributed by atoms with Gasteiger partial charge in [0.1, 0.15) is 5.92 Å². The van der Waals surface area contributed by atoms with Crippen LogP contribution < -0.4 is 0 Å². The quantitative estimate of drug-likeness (QED) is 0.522. The fourth-order valence-corrected chi connectivity index (χ4v) is 3.14. The third-order valence-corrected chi connectivity index (χ3v) is 4.10. The lowest BCUT2D eigenvalue weighted by molar-refractivity contribution is 0.0867. The van der Waals surface area contributed by atoms with Crippen LogP contribution in [0.25, 0.3) is 10.8 Å². The van der Waals surface area contributed by atoms with E-state index in [1.807, 2.05) is 54.6 Å². The third-order valence-electron chi connectivity index (χ3n) is 4.10. The maximum absolute atomic E-state index is 12.7. The number of hydrogen-bond acceptors (Lipinski definition) is 2. The Hall–Kier alpha value is -2.74. The van der Waals surface area contributed by atoms with Crippen LogP contribution in [-0.2, 0) is 0 Å². The molecule has 0 saturated carbocycles. The van der Waals surface area contributed by atoms with Crippen molar-refractivity contribution in [3.63, 3.8) is 0 Å². The molecule has 0 amide bonds. The fraction of sp³-hybridized carbons (Fsp3) is 0.0526. The molecule has 0 heterocycles. The Morgan fingerprint density at radius 3 is 2.29 bits per heavy atom. The van der Waals surface area contributed by atoms with Gasteiger partial charge in [-0.1, -0.05) is 66.7 Å². The van der Waals surface area contributed by atoms with Gasteiger partial charge in [-0.15, -0.1) is 0 Å². The van der Waals surface area contributed by atoms with Gasteiger partial charge in [-0.05, 0) is 16.3 Å². The van der Waals surface area contributed by atoms with E-state index in [0.29, 0.717) is 11.1 Å². The normalized spacial score (nSPS) is 16.4. The maximum atomic E-state index is 12.7. The minimum atomic E-state index is -0.700. The van der Waals surface area contributed by atoms with Gasteiger partial charge in [0, 0.05) is 11.1 Å². The van der Waals surface area contributed by atoms with Gasteiger partial charge < -0.3 is 0 Å². The summed E-state index contributed by atoms with van der Waals surface area (Å²) in [6.45, 7) is 0. The van der Waals surface area contributed by atoms with Gasteiger partial charge >= 0.3 is 0 Å². The number of rotatable bonds is 2. The molecule has 0 bridgehead atoms. The van der Waals surface area contributed by atoms with Crippen LogP contribution in [0.4, 0.5) is 0 Å². The maximum Gasteiger partial charge on any atom is 0.178 e. The first-order chi connectivity index (χ1) is 10.3. The summed E-state index contributed by atoms with van der Waals surface area (Å²) in [5.74, 6) is -0.909. The smallest absolute Gasteiger partial charge is 0.178 e. The molecular weight excluding hydrogens is 260 g/mol. The van der Waals surface area contributed by atoms with Gasteiger partial charge in [-0.2, -0.15) is 0 Å². The Morgan fingerprint density at radius 1 is 0.810 bits per heavy atom. The van der Waals surface area contributed by atoms with E-state index in [2.05, 4.69) is 0 Å². The Balaban J connectivity index is 1.92. The van der Waals surface area contributed by atoms with Gasteiger partial charge in [0.25, 0.3) is 0 Å². The summed E-state index contributed by atoms with van der Waals surface area (Å²) in [5.41, 5.74) is 2.08. The molecule has 0 saturated heterocycles. The van der Waals surface area contributed by atoms with Crippen molar-refractivity contribution in [3.8, 4) is 0 Å². The summed E-state index contributed by atoms with van der Waals surface area (Å²) in [5, 5.41) is 1.95. The first kappa shape index (κ1) is 12.0. The number of hydrogen-bond donors (Lipinski definition) is 0. The zero-order valence-electron chi connectivity index (χ0n) is 11.2. The second-order valence-corrected chi connectivity index (χ2v) is 5.28. The molecule has 0 spiro atoms. The van der Waals surface area contributed by atoms with Crippen molar-refractivity contribution in [1.82, 2.24) is 0 Å². The van der Waals surface area contributed by atoms with E-state index in [1.54, 1.807) is 12.1 Å². The van der Waals surface area contributed by atoms with Crippen molar-refractivity contribution in [2.75, 3.05) is 0 Å². The van der Waals surface area contributed by atoms with Gasteiger partial charge in [-0.3, -0.25) is 9.59 Å². The topological polar surface area (TPSA) is 34.1 Å². The molecule has 21 heavy (non-hydrogen) atoms. The molecule has 3 aromatic carbocycles. The molecule has 100 valence electrons. The lowest BCUT2D eigenvalue weighted by atomic mass is 9.90. The molecule has 0 aromatic heterocycles. The minimum Gasteiger partial charge on any atom is -0.293 e. The summed E-state index contributed by atoms with van der Waals surface area (Å²) >= 11 is 0. The van der Waals surface area contributed by atoms with E-state index in [9.17, 15) is 9.59 Å². The predicted molar refractivity (Wildman–Crippen MR) is 81.8 cm³/mol. The number of carbonyl (C=O) groups excluding carboxylic acids is 2. The largest absolute Gasteiger partial charge is 0.293 e. The zero-order valence-corrected chi connectivity index (χ0v) is 11.2. The van der Waals surface area contributed by atoms with Crippen molar-refractivity contribution in [2.45, 2.75) is 5.92 Å². The molecule has 1 unspecified atom stereocenters. The standard InChI is InChI=1S/C19H12O2/c20-18(13-6-2-1-3-7-13)17-14-10-4-8-12-9-5-11-15(16(12)14)19(17)21/h1-11,17H. The first-order valence-corrected chi connectivity index (χ1v) is 6.92. The van der Waals surface area contributed by atoms with E-state index in [1.165, 1.54) is 0 Å². The molecule has 4 rings (SSSR count). The molecule has 3 aromatic rings. The SMILES string of the molecule is O=C(c1ccccc1)C1C(=O)c2cccc3cccc1c23. The van der Waals surface area contributed by atoms with Crippen molar-refractivity contribution in [2.24, 2.45) is 0 Å². The van der Waals surface area contributed by atoms with Crippen LogP contribution in [0.2, 0.25) is 0 Å². The average molecular weight is 272 g/mol. The van der Waals surface area contributed by atoms with Crippen LogP contribution in [0.15, 0.2) is 66.7 Å². The van der Waals surface area contributed by atoms with E-state index in [4.69, 9.17) is 0 Å². The highest BCUT2D eigenvalue weighted by Crippen LogP contribution is 2.39. The van der Waals surface area contributed by atoms with E-state index < -0.39 is 5.92 Å². The van der Waals surface area contributed by atoms with E-state index >= 15 is 0 Å². The minimum absolute atomic E-state index is 0.0874. The van der Waals surface area contributed by atoms with Gasteiger partial charge in [-0.25, -0.2) is 0 Å². The Kier molecular flexibility index (Phi) is 2.51. The first-order valence-electron chi connectivity index (χ1n) is 6.92.